The van der Waals surface area contributed by atoms with Crippen LogP contribution in [-0.2, 0) is 14.4 Å². The molecule has 0 aromatic carbocycles. The van der Waals surface area contributed by atoms with E-state index in [1.54, 1.807) is 6.92 Å². The van der Waals surface area contributed by atoms with Crippen molar-refractivity contribution in [3.05, 3.63) is 18.2 Å². The third-order valence-electron chi connectivity index (χ3n) is 3.60. The number of carbonyl (C=O) groups is 4. The van der Waals surface area contributed by atoms with Gasteiger partial charge in [0.15, 0.2) is 5.82 Å². The molecule has 0 saturated carbocycles. The average Bonchev–Trinajstić information content (AvgIpc) is 3.04. The minimum Gasteiger partial charge on any atom is -0.481 e. The Morgan fingerprint density at radius 2 is 1.92 bits per heavy atom. The fourth-order valence-corrected chi connectivity index (χ4v) is 1.83. The maximum Gasteiger partial charge on any atom is 0.305 e. The van der Waals surface area contributed by atoms with Crippen LogP contribution in [-0.4, -0.2) is 51.2 Å². The van der Waals surface area contributed by atoms with Crippen molar-refractivity contribution in [2.45, 2.75) is 33.2 Å². The third-order valence-corrected chi connectivity index (χ3v) is 3.60. The van der Waals surface area contributed by atoms with E-state index < -0.39 is 30.1 Å². The zero-order valence-corrected chi connectivity index (χ0v) is 13.8. The summed E-state index contributed by atoms with van der Waals surface area (Å²) in [5.41, 5.74) is 0. The molecule has 1 rings (SSSR count). The standard InChI is InChI=1S/C15H22N4O5/c1-8(2)9(3)15(24)18-7-11(20)19-10(6-12(21)22)13(23)14-16-4-5-17-14/h4-5,8-10H,6-7H2,1-3H3,(H,16,17)(H,18,24)(H,19,20)(H,21,22). The highest BCUT2D eigenvalue weighted by molar-refractivity contribution is 6.01. The van der Waals surface area contributed by atoms with Crippen LogP contribution in [0.4, 0.5) is 0 Å². The molecule has 0 spiro atoms. The summed E-state index contributed by atoms with van der Waals surface area (Å²) in [6.07, 6.45) is 2.18. The minimum absolute atomic E-state index is 0.0426. The lowest BCUT2D eigenvalue weighted by atomic mass is 9.97. The van der Waals surface area contributed by atoms with E-state index in [0.717, 1.165) is 0 Å². The Bertz CT molecular complexity index is 597. The van der Waals surface area contributed by atoms with Gasteiger partial charge >= 0.3 is 5.97 Å². The van der Waals surface area contributed by atoms with Crippen molar-refractivity contribution < 1.29 is 24.3 Å². The predicted molar refractivity (Wildman–Crippen MR) is 84.1 cm³/mol. The number of imidazole rings is 1. The van der Waals surface area contributed by atoms with Crippen molar-refractivity contribution in [2.75, 3.05) is 6.54 Å². The number of nitrogens with one attached hydrogen (secondary N) is 3. The quantitative estimate of drug-likeness (QED) is 0.466. The lowest BCUT2D eigenvalue weighted by molar-refractivity contribution is -0.137. The normalized spacial score (nSPS) is 13.2. The van der Waals surface area contributed by atoms with Gasteiger partial charge in [0.1, 0.15) is 6.04 Å². The fourth-order valence-electron chi connectivity index (χ4n) is 1.83. The summed E-state index contributed by atoms with van der Waals surface area (Å²) in [5.74, 6) is -3.00. The summed E-state index contributed by atoms with van der Waals surface area (Å²) in [5, 5.41) is 13.7. The molecular formula is C15H22N4O5. The van der Waals surface area contributed by atoms with Crippen LogP contribution in [0.1, 0.15) is 37.8 Å². The first-order valence-corrected chi connectivity index (χ1v) is 7.54. The van der Waals surface area contributed by atoms with Gasteiger partial charge in [-0.05, 0) is 5.92 Å². The van der Waals surface area contributed by atoms with Crippen molar-refractivity contribution >= 4 is 23.6 Å². The number of carboxylic acids is 1. The van der Waals surface area contributed by atoms with Crippen LogP contribution >= 0.6 is 0 Å². The number of hydrogen-bond donors (Lipinski definition) is 4. The van der Waals surface area contributed by atoms with E-state index in [1.165, 1.54) is 12.4 Å². The number of amides is 2. The summed E-state index contributed by atoms with van der Waals surface area (Å²) >= 11 is 0. The first kappa shape index (κ1) is 19.3. The average molecular weight is 338 g/mol. The molecule has 2 unspecified atom stereocenters. The fraction of sp³-hybridized carbons (Fsp3) is 0.533. The van der Waals surface area contributed by atoms with Gasteiger partial charge in [-0.3, -0.25) is 19.2 Å². The number of carboxylic acid groups (broad SMARTS) is 1. The van der Waals surface area contributed by atoms with Gasteiger partial charge in [0.05, 0.1) is 13.0 Å². The first-order valence-electron chi connectivity index (χ1n) is 7.54. The largest absolute Gasteiger partial charge is 0.481 e. The van der Waals surface area contributed by atoms with E-state index in [2.05, 4.69) is 20.6 Å². The molecule has 0 radical (unpaired) electrons. The summed E-state index contributed by atoms with van der Waals surface area (Å²) in [6.45, 7) is 5.17. The van der Waals surface area contributed by atoms with Gasteiger partial charge in [-0.1, -0.05) is 20.8 Å². The second-order valence-corrected chi connectivity index (χ2v) is 5.77. The number of aromatic amines is 1. The van der Waals surface area contributed by atoms with Gasteiger partial charge in [0, 0.05) is 18.3 Å². The molecule has 0 aliphatic rings. The number of carbonyl (C=O) groups excluding carboxylic acids is 3. The smallest absolute Gasteiger partial charge is 0.305 e. The van der Waals surface area contributed by atoms with Crippen LogP contribution in [0.15, 0.2) is 12.4 Å². The molecule has 1 aromatic rings. The zero-order chi connectivity index (χ0) is 18.3. The Balaban J connectivity index is 2.63. The molecule has 2 amide bonds. The number of nitrogens with zero attached hydrogens (tertiary/aromatic N) is 1. The molecule has 0 bridgehead atoms. The highest BCUT2D eigenvalue weighted by Crippen LogP contribution is 2.08. The first-order chi connectivity index (χ1) is 11.2. The Kier molecular flexibility index (Phi) is 7.09. The molecule has 24 heavy (non-hydrogen) atoms. The maximum absolute atomic E-state index is 12.2. The second-order valence-electron chi connectivity index (χ2n) is 5.77. The SMILES string of the molecule is CC(C)C(C)C(=O)NCC(=O)NC(CC(=O)O)C(=O)c1ncc[nH]1. The van der Waals surface area contributed by atoms with E-state index in [4.69, 9.17) is 5.11 Å². The van der Waals surface area contributed by atoms with Crippen molar-refractivity contribution in [3.63, 3.8) is 0 Å². The van der Waals surface area contributed by atoms with Crippen LogP contribution in [0.5, 0.6) is 0 Å². The molecule has 0 saturated heterocycles. The predicted octanol–water partition coefficient (Wildman–Crippen LogP) is -0.0398. The Hall–Kier alpha value is -2.71. The van der Waals surface area contributed by atoms with Crippen LogP contribution in [0.3, 0.4) is 0 Å². The molecule has 1 aromatic heterocycles. The van der Waals surface area contributed by atoms with E-state index in [9.17, 15) is 19.2 Å². The maximum atomic E-state index is 12.2. The highest BCUT2D eigenvalue weighted by Gasteiger charge is 2.26. The third kappa shape index (κ3) is 5.82. The van der Waals surface area contributed by atoms with Gasteiger partial charge in [0.2, 0.25) is 17.6 Å². The van der Waals surface area contributed by atoms with E-state index in [0.29, 0.717) is 0 Å². The molecule has 0 fully saturated rings. The summed E-state index contributed by atoms with van der Waals surface area (Å²) in [4.78, 5) is 53.1. The second kappa shape index (κ2) is 8.80. The summed E-state index contributed by atoms with van der Waals surface area (Å²) < 4.78 is 0. The minimum atomic E-state index is -1.26. The summed E-state index contributed by atoms with van der Waals surface area (Å²) in [6, 6.07) is -1.26. The molecule has 0 aliphatic carbocycles. The molecular weight excluding hydrogens is 316 g/mol. The number of Topliss-reactive ketones (excluding diaryl/α,β-unsaturated/α-hetero) is 1. The molecule has 4 N–H and O–H groups in total. The van der Waals surface area contributed by atoms with Gasteiger partial charge in [0.25, 0.3) is 0 Å². The molecule has 0 aliphatic heterocycles. The number of aliphatic carboxylic acids is 1. The van der Waals surface area contributed by atoms with Gasteiger partial charge in [-0.15, -0.1) is 0 Å². The van der Waals surface area contributed by atoms with E-state index in [1.807, 2.05) is 13.8 Å². The molecule has 132 valence electrons. The Morgan fingerprint density at radius 1 is 1.25 bits per heavy atom. The molecule has 1 heterocycles. The number of rotatable bonds is 9. The van der Waals surface area contributed by atoms with Gasteiger partial charge in [-0.2, -0.15) is 0 Å². The molecule has 2 atom stereocenters. The van der Waals surface area contributed by atoms with E-state index >= 15 is 0 Å². The number of hydrogen-bond acceptors (Lipinski definition) is 5. The van der Waals surface area contributed by atoms with Crippen molar-refractivity contribution in [1.82, 2.24) is 20.6 Å². The van der Waals surface area contributed by atoms with E-state index in [-0.39, 0.29) is 30.1 Å². The topological polar surface area (TPSA) is 141 Å². The van der Waals surface area contributed by atoms with Crippen molar-refractivity contribution in [1.29, 1.82) is 0 Å². The monoisotopic (exact) mass is 338 g/mol. The van der Waals surface area contributed by atoms with Gasteiger partial charge < -0.3 is 20.7 Å². The molecule has 9 nitrogen and oxygen atoms in total. The van der Waals surface area contributed by atoms with Crippen LogP contribution in [0.25, 0.3) is 0 Å². The van der Waals surface area contributed by atoms with Crippen LogP contribution < -0.4 is 10.6 Å². The lowest BCUT2D eigenvalue weighted by Crippen LogP contribution is -2.47. The number of aromatic nitrogens is 2. The van der Waals surface area contributed by atoms with Crippen LogP contribution in [0, 0.1) is 11.8 Å². The number of ketones is 1. The summed E-state index contributed by atoms with van der Waals surface area (Å²) in [7, 11) is 0. The van der Waals surface area contributed by atoms with Crippen molar-refractivity contribution in [3.8, 4) is 0 Å². The Labute approximate surface area is 139 Å². The molecule has 9 heteroatoms. The highest BCUT2D eigenvalue weighted by atomic mass is 16.4. The zero-order valence-electron chi connectivity index (χ0n) is 13.8. The van der Waals surface area contributed by atoms with Gasteiger partial charge in [-0.25, -0.2) is 4.98 Å². The number of H-pyrrole nitrogens is 1. The van der Waals surface area contributed by atoms with Crippen LogP contribution in [0.2, 0.25) is 0 Å². The van der Waals surface area contributed by atoms with Crippen molar-refractivity contribution in [2.24, 2.45) is 11.8 Å². The lowest BCUT2D eigenvalue weighted by Gasteiger charge is -2.17. The Morgan fingerprint density at radius 3 is 2.42 bits per heavy atom.